The molecule has 3 fully saturated rings. The molecule has 1 saturated carbocycles. The molecular weight excluding hydrogens is 258 g/mol. The van der Waals surface area contributed by atoms with Crippen LogP contribution in [0.2, 0.25) is 0 Å². The average Bonchev–Trinajstić information content (AvgIpc) is 3.24. The summed E-state index contributed by atoms with van der Waals surface area (Å²) in [6.45, 7) is 5.81. The van der Waals surface area contributed by atoms with E-state index in [1.165, 1.54) is 51.7 Å². The van der Waals surface area contributed by atoms with Crippen LogP contribution in [0.5, 0.6) is 0 Å². The normalized spacial score (nSPS) is 32.2. The van der Waals surface area contributed by atoms with Gasteiger partial charge in [0, 0.05) is 32.2 Å². The molecule has 2 heteroatoms. The van der Waals surface area contributed by atoms with Crippen molar-refractivity contribution in [1.82, 2.24) is 4.90 Å². The summed E-state index contributed by atoms with van der Waals surface area (Å²) < 4.78 is 5.57. The van der Waals surface area contributed by atoms with Crippen molar-refractivity contribution in [3.63, 3.8) is 0 Å². The Bertz CT molecular complexity index is 460. The van der Waals surface area contributed by atoms with E-state index >= 15 is 0 Å². The molecule has 0 unspecified atom stereocenters. The summed E-state index contributed by atoms with van der Waals surface area (Å²) in [7, 11) is 0. The van der Waals surface area contributed by atoms with E-state index in [9.17, 15) is 0 Å². The SMILES string of the molecule is c1ccc([C@H]2CN(C[C@H]3CCOC3)CC23CCCC3)cc1. The van der Waals surface area contributed by atoms with Crippen molar-refractivity contribution in [1.29, 1.82) is 0 Å². The summed E-state index contributed by atoms with van der Waals surface area (Å²) in [6, 6.07) is 11.3. The molecule has 21 heavy (non-hydrogen) atoms. The molecule has 2 aliphatic heterocycles. The van der Waals surface area contributed by atoms with Crippen LogP contribution in [0.1, 0.15) is 43.6 Å². The Morgan fingerprint density at radius 1 is 1.14 bits per heavy atom. The number of likely N-dealkylation sites (tertiary alicyclic amines) is 1. The van der Waals surface area contributed by atoms with E-state index in [0.717, 1.165) is 25.0 Å². The Hall–Kier alpha value is -0.860. The lowest BCUT2D eigenvalue weighted by molar-refractivity contribution is 0.169. The van der Waals surface area contributed by atoms with E-state index in [4.69, 9.17) is 4.74 Å². The summed E-state index contributed by atoms with van der Waals surface area (Å²) in [5.41, 5.74) is 2.14. The molecule has 1 aliphatic carbocycles. The van der Waals surface area contributed by atoms with Gasteiger partial charge in [-0.1, -0.05) is 43.2 Å². The number of hydrogen-bond donors (Lipinski definition) is 0. The zero-order chi connectivity index (χ0) is 14.1. The summed E-state index contributed by atoms with van der Waals surface area (Å²) >= 11 is 0. The van der Waals surface area contributed by atoms with E-state index in [1.807, 2.05) is 0 Å². The quantitative estimate of drug-likeness (QED) is 0.840. The largest absolute Gasteiger partial charge is 0.381 e. The fraction of sp³-hybridized carbons (Fsp3) is 0.684. The molecule has 2 heterocycles. The predicted molar refractivity (Wildman–Crippen MR) is 85.5 cm³/mol. The smallest absolute Gasteiger partial charge is 0.0507 e. The molecule has 0 radical (unpaired) electrons. The second-order valence-electron chi connectivity index (χ2n) is 7.46. The highest BCUT2D eigenvalue weighted by atomic mass is 16.5. The molecule has 3 aliphatic rings. The van der Waals surface area contributed by atoms with Crippen molar-refractivity contribution >= 4 is 0 Å². The minimum atomic E-state index is 0.570. The van der Waals surface area contributed by atoms with Gasteiger partial charge in [-0.3, -0.25) is 0 Å². The molecule has 0 amide bonds. The van der Waals surface area contributed by atoms with Crippen LogP contribution < -0.4 is 0 Å². The molecule has 0 N–H and O–H groups in total. The molecule has 1 spiro atoms. The number of hydrogen-bond acceptors (Lipinski definition) is 2. The first-order chi connectivity index (χ1) is 10.4. The third-order valence-corrected chi connectivity index (χ3v) is 6.06. The summed E-state index contributed by atoms with van der Waals surface area (Å²) in [5.74, 6) is 1.53. The van der Waals surface area contributed by atoms with Crippen LogP contribution in [0.15, 0.2) is 30.3 Å². The Labute approximate surface area is 128 Å². The Morgan fingerprint density at radius 3 is 2.67 bits per heavy atom. The van der Waals surface area contributed by atoms with Gasteiger partial charge in [-0.2, -0.15) is 0 Å². The predicted octanol–water partition coefficient (Wildman–Crippen LogP) is 3.68. The Balaban J connectivity index is 1.53. The van der Waals surface area contributed by atoms with Crippen molar-refractivity contribution in [2.75, 3.05) is 32.8 Å². The Morgan fingerprint density at radius 2 is 1.95 bits per heavy atom. The van der Waals surface area contributed by atoms with Gasteiger partial charge in [-0.25, -0.2) is 0 Å². The topological polar surface area (TPSA) is 12.5 Å². The van der Waals surface area contributed by atoms with E-state index in [0.29, 0.717) is 5.41 Å². The van der Waals surface area contributed by atoms with E-state index in [1.54, 1.807) is 5.56 Å². The Kier molecular flexibility index (Phi) is 3.76. The van der Waals surface area contributed by atoms with Crippen LogP contribution in [-0.4, -0.2) is 37.7 Å². The zero-order valence-corrected chi connectivity index (χ0v) is 13.0. The first-order valence-corrected chi connectivity index (χ1v) is 8.71. The maximum Gasteiger partial charge on any atom is 0.0507 e. The van der Waals surface area contributed by atoms with Crippen molar-refractivity contribution in [3.8, 4) is 0 Å². The maximum atomic E-state index is 5.57. The molecule has 4 rings (SSSR count). The van der Waals surface area contributed by atoms with Crippen LogP contribution in [0.3, 0.4) is 0 Å². The van der Waals surface area contributed by atoms with Gasteiger partial charge in [-0.05, 0) is 36.2 Å². The van der Waals surface area contributed by atoms with E-state index in [-0.39, 0.29) is 0 Å². The van der Waals surface area contributed by atoms with Crippen LogP contribution >= 0.6 is 0 Å². The maximum absolute atomic E-state index is 5.57. The van der Waals surface area contributed by atoms with Crippen LogP contribution in [-0.2, 0) is 4.74 Å². The highest BCUT2D eigenvalue weighted by Crippen LogP contribution is 2.53. The fourth-order valence-corrected chi connectivity index (χ4v) is 5.03. The molecule has 2 saturated heterocycles. The fourth-order valence-electron chi connectivity index (χ4n) is 5.03. The molecule has 0 bridgehead atoms. The summed E-state index contributed by atoms with van der Waals surface area (Å²) in [6.07, 6.45) is 7.00. The molecule has 114 valence electrons. The van der Waals surface area contributed by atoms with Gasteiger partial charge in [0.15, 0.2) is 0 Å². The van der Waals surface area contributed by atoms with E-state index in [2.05, 4.69) is 35.2 Å². The van der Waals surface area contributed by atoms with Gasteiger partial charge in [-0.15, -0.1) is 0 Å². The molecule has 2 atom stereocenters. The van der Waals surface area contributed by atoms with Gasteiger partial charge < -0.3 is 9.64 Å². The third-order valence-electron chi connectivity index (χ3n) is 6.06. The standard InChI is InChI=1S/C19H27NO/c1-2-6-17(7-3-1)18-13-20(12-16-8-11-21-14-16)15-19(18)9-4-5-10-19/h1-3,6-7,16,18H,4-5,8-15H2/t16-,18-/m1/s1. The highest BCUT2D eigenvalue weighted by Gasteiger charge is 2.48. The van der Waals surface area contributed by atoms with Gasteiger partial charge >= 0.3 is 0 Å². The molecule has 1 aromatic rings. The van der Waals surface area contributed by atoms with Crippen LogP contribution in [0, 0.1) is 11.3 Å². The first kappa shape index (κ1) is 13.8. The lowest BCUT2D eigenvalue weighted by Gasteiger charge is -2.30. The van der Waals surface area contributed by atoms with Gasteiger partial charge in [0.25, 0.3) is 0 Å². The van der Waals surface area contributed by atoms with Crippen molar-refractivity contribution in [2.24, 2.45) is 11.3 Å². The number of rotatable bonds is 3. The first-order valence-electron chi connectivity index (χ1n) is 8.71. The summed E-state index contributed by atoms with van der Waals surface area (Å²) in [5, 5.41) is 0. The minimum Gasteiger partial charge on any atom is -0.381 e. The van der Waals surface area contributed by atoms with Gasteiger partial charge in [0.2, 0.25) is 0 Å². The van der Waals surface area contributed by atoms with Crippen LogP contribution in [0.25, 0.3) is 0 Å². The van der Waals surface area contributed by atoms with E-state index < -0.39 is 0 Å². The second-order valence-corrected chi connectivity index (χ2v) is 7.46. The molecule has 0 aromatic heterocycles. The van der Waals surface area contributed by atoms with Crippen molar-refractivity contribution in [2.45, 2.75) is 38.0 Å². The number of benzene rings is 1. The van der Waals surface area contributed by atoms with Gasteiger partial charge in [0.1, 0.15) is 0 Å². The second kappa shape index (κ2) is 5.73. The van der Waals surface area contributed by atoms with Crippen LogP contribution in [0.4, 0.5) is 0 Å². The average molecular weight is 285 g/mol. The molecule has 2 nitrogen and oxygen atoms in total. The number of nitrogens with zero attached hydrogens (tertiary/aromatic N) is 1. The molecular formula is C19H27NO. The zero-order valence-electron chi connectivity index (χ0n) is 13.0. The lowest BCUT2D eigenvalue weighted by atomic mass is 9.73. The lowest BCUT2D eigenvalue weighted by Crippen LogP contribution is -2.30. The van der Waals surface area contributed by atoms with Gasteiger partial charge in [0.05, 0.1) is 6.61 Å². The molecule has 1 aromatic carbocycles. The van der Waals surface area contributed by atoms with Crippen molar-refractivity contribution in [3.05, 3.63) is 35.9 Å². The number of ether oxygens (including phenoxy) is 1. The highest BCUT2D eigenvalue weighted by molar-refractivity contribution is 5.25. The minimum absolute atomic E-state index is 0.570. The van der Waals surface area contributed by atoms with Crippen molar-refractivity contribution < 1.29 is 4.74 Å². The summed E-state index contributed by atoms with van der Waals surface area (Å²) in [4.78, 5) is 2.75. The third kappa shape index (κ3) is 2.64. The monoisotopic (exact) mass is 285 g/mol.